The Morgan fingerprint density at radius 1 is 1.07 bits per heavy atom. The van der Waals surface area contributed by atoms with Crippen LogP contribution in [0.1, 0.15) is 54.1 Å². The largest absolute Gasteiger partial charge is 0.459 e. The molecule has 2 heteroatoms. The summed E-state index contributed by atoms with van der Waals surface area (Å²) in [7, 11) is 0. The van der Waals surface area contributed by atoms with Crippen molar-refractivity contribution in [3.63, 3.8) is 0 Å². The number of hydrogen-bond acceptors (Lipinski definition) is 2. The third-order valence-corrected chi connectivity index (χ3v) is 6.66. The third kappa shape index (κ3) is 2.55. The zero-order chi connectivity index (χ0) is 19.4. The molecular formula is C27H25NO. The van der Waals surface area contributed by atoms with E-state index in [-0.39, 0.29) is 0 Å². The first-order chi connectivity index (χ1) is 14.3. The molecule has 1 aliphatic heterocycles. The van der Waals surface area contributed by atoms with Gasteiger partial charge in [-0.2, -0.15) is 0 Å². The molecule has 29 heavy (non-hydrogen) atoms. The first-order valence-electron chi connectivity index (χ1n) is 10.8. The maximum Gasteiger partial charge on any atom is 0.138 e. The van der Waals surface area contributed by atoms with Crippen LogP contribution in [0.5, 0.6) is 0 Å². The molecule has 0 amide bonds. The molecule has 144 valence electrons. The Kier molecular flexibility index (Phi) is 3.80. The van der Waals surface area contributed by atoms with Crippen molar-refractivity contribution in [2.24, 2.45) is 0 Å². The number of fused-ring (bicyclic) bond motifs is 6. The third-order valence-electron chi connectivity index (χ3n) is 6.66. The maximum absolute atomic E-state index is 6.58. The molecule has 3 aliphatic rings. The van der Waals surface area contributed by atoms with Gasteiger partial charge in [-0.1, -0.05) is 80.1 Å². The highest BCUT2D eigenvalue weighted by Gasteiger charge is 2.34. The van der Waals surface area contributed by atoms with Gasteiger partial charge < -0.3 is 9.73 Å². The van der Waals surface area contributed by atoms with Crippen LogP contribution in [-0.4, -0.2) is 6.04 Å². The van der Waals surface area contributed by atoms with E-state index in [0.717, 1.165) is 30.6 Å². The predicted octanol–water partition coefficient (Wildman–Crippen LogP) is 6.96. The smallest absolute Gasteiger partial charge is 0.138 e. The molecule has 0 fully saturated rings. The van der Waals surface area contributed by atoms with Crippen molar-refractivity contribution < 1.29 is 4.42 Å². The molecule has 0 spiro atoms. The Morgan fingerprint density at radius 2 is 2.00 bits per heavy atom. The van der Waals surface area contributed by atoms with Gasteiger partial charge in [-0.25, -0.2) is 0 Å². The van der Waals surface area contributed by atoms with Crippen LogP contribution < -0.4 is 5.32 Å². The maximum atomic E-state index is 6.58. The number of hydrogen-bond donors (Lipinski definition) is 1. The predicted molar refractivity (Wildman–Crippen MR) is 120 cm³/mol. The van der Waals surface area contributed by atoms with E-state index < -0.39 is 0 Å². The minimum Gasteiger partial charge on any atom is -0.459 e. The van der Waals surface area contributed by atoms with Crippen molar-refractivity contribution in [1.82, 2.24) is 0 Å². The number of benzene rings is 2. The summed E-state index contributed by atoms with van der Waals surface area (Å²) in [6.07, 6.45) is 14.9. The van der Waals surface area contributed by atoms with Crippen molar-refractivity contribution in [2.75, 3.05) is 5.32 Å². The van der Waals surface area contributed by atoms with Crippen molar-refractivity contribution >= 4 is 22.7 Å². The monoisotopic (exact) mass is 379 g/mol. The number of anilines is 1. The van der Waals surface area contributed by atoms with Gasteiger partial charge >= 0.3 is 0 Å². The summed E-state index contributed by atoms with van der Waals surface area (Å²) >= 11 is 0. The summed E-state index contributed by atoms with van der Waals surface area (Å²) in [4.78, 5) is 0. The highest BCUT2D eigenvalue weighted by Crippen LogP contribution is 2.46. The average Bonchev–Trinajstić information content (AvgIpc) is 3.32. The number of furan rings is 1. The quantitative estimate of drug-likeness (QED) is 0.532. The first-order valence-corrected chi connectivity index (χ1v) is 10.8. The molecule has 6 rings (SSSR count). The van der Waals surface area contributed by atoms with E-state index in [0.29, 0.717) is 17.9 Å². The fraction of sp³-hybridized carbons (Fsp3) is 0.259. The fourth-order valence-corrected chi connectivity index (χ4v) is 5.28. The summed E-state index contributed by atoms with van der Waals surface area (Å²) in [5.41, 5.74) is 7.74. The molecule has 2 aromatic carbocycles. The van der Waals surface area contributed by atoms with Gasteiger partial charge in [0.05, 0.1) is 6.04 Å². The van der Waals surface area contributed by atoms with Gasteiger partial charge in [-0.05, 0) is 35.6 Å². The van der Waals surface area contributed by atoms with Crippen LogP contribution in [0.15, 0.2) is 76.8 Å². The van der Waals surface area contributed by atoms with Gasteiger partial charge in [0.25, 0.3) is 0 Å². The van der Waals surface area contributed by atoms with Crippen molar-refractivity contribution in [3.8, 4) is 0 Å². The lowest BCUT2D eigenvalue weighted by molar-refractivity contribution is 0.511. The summed E-state index contributed by atoms with van der Waals surface area (Å²) in [5.74, 6) is 1.84. The van der Waals surface area contributed by atoms with E-state index in [1.807, 2.05) is 0 Å². The SMILES string of the molecule is CCCc1cccc2c3c(oc12)C(C1=C[C@H]2c4ccccc4NC2C=C1)CC=C3. The lowest BCUT2D eigenvalue weighted by Gasteiger charge is -2.25. The summed E-state index contributed by atoms with van der Waals surface area (Å²) in [6.45, 7) is 2.23. The molecule has 0 saturated carbocycles. The summed E-state index contributed by atoms with van der Waals surface area (Å²) in [6, 6.07) is 15.7. The number of para-hydroxylation sites is 2. The van der Waals surface area contributed by atoms with Crippen LogP contribution in [0.3, 0.4) is 0 Å². The second-order valence-corrected chi connectivity index (χ2v) is 8.42. The Bertz CT molecular complexity index is 1190. The fourth-order valence-electron chi connectivity index (χ4n) is 5.28. The van der Waals surface area contributed by atoms with E-state index in [9.17, 15) is 0 Å². The zero-order valence-electron chi connectivity index (χ0n) is 16.7. The number of aryl methyl sites for hydroxylation is 1. The lowest BCUT2D eigenvalue weighted by atomic mass is 9.80. The van der Waals surface area contributed by atoms with Crippen molar-refractivity contribution in [1.29, 1.82) is 0 Å². The molecule has 2 nitrogen and oxygen atoms in total. The molecule has 0 radical (unpaired) electrons. The van der Waals surface area contributed by atoms with Gasteiger partial charge in [0.1, 0.15) is 11.3 Å². The number of rotatable bonds is 3. The van der Waals surface area contributed by atoms with Gasteiger partial charge in [0.15, 0.2) is 0 Å². The number of allylic oxidation sites excluding steroid dienone is 3. The minimum absolute atomic E-state index is 0.293. The highest BCUT2D eigenvalue weighted by atomic mass is 16.3. The molecule has 3 aromatic rings. The van der Waals surface area contributed by atoms with E-state index >= 15 is 0 Å². The minimum atomic E-state index is 0.293. The zero-order valence-corrected chi connectivity index (χ0v) is 16.7. The lowest BCUT2D eigenvalue weighted by Crippen LogP contribution is -2.20. The molecule has 1 aromatic heterocycles. The average molecular weight is 380 g/mol. The molecule has 3 atom stereocenters. The van der Waals surface area contributed by atoms with Crippen molar-refractivity contribution in [3.05, 3.63) is 94.8 Å². The number of nitrogens with one attached hydrogen (secondary N) is 1. The second-order valence-electron chi connectivity index (χ2n) is 8.42. The molecule has 1 N–H and O–H groups in total. The molecule has 2 unspecified atom stereocenters. The topological polar surface area (TPSA) is 25.2 Å². The molecular weight excluding hydrogens is 354 g/mol. The van der Waals surface area contributed by atoms with Gasteiger partial charge in [-0.3, -0.25) is 0 Å². The standard InChI is InChI=1S/C27H25NO/c1-2-7-17-8-5-11-21-22-12-6-10-19(27(22)29-26(17)21)18-14-15-25-23(16-18)20-9-3-4-13-24(20)28-25/h3-6,8-9,11-16,19,23,25,28H,2,7,10H2,1H3/t19?,23-,25?/m0/s1. The summed E-state index contributed by atoms with van der Waals surface area (Å²) in [5, 5.41) is 4.92. The van der Waals surface area contributed by atoms with Crippen LogP contribution in [0.25, 0.3) is 17.0 Å². The second kappa shape index (κ2) is 6.52. The van der Waals surface area contributed by atoms with E-state index in [4.69, 9.17) is 4.42 Å². The molecule has 0 saturated heterocycles. The van der Waals surface area contributed by atoms with Crippen LogP contribution in [-0.2, 0) is 6.42 Å². The van der Waals surface area contributed by atoms with Crippen molar-refractivity contribution in [2.45, 2.75) is 44.1 Å². The van der Waals surface area contributed by atoms with Gasteiger partial charge in [0.2, 0.25) is 0 Å². The van der Waals surface area contributed by atoms with Gasteiger partial charge in [0, 0.05) is 28.5 Å². The molecule has 0 bridgehead atoms. The summed E-state index contributed by atoms with van der Waals surface area (Å²) < 4.78 is 6.58. The van der Waals surface area contributed by atoms with E-state index in [1.54, 1.807) is 0 Å². The first kappa shape index (κ1) is 16.9. The highest BCUT2D eigenvalue weighted by molar-refractivity contribution is 5.91. The van der Waals surface area contributed by atoms with Crippen LogP contribution in [0, 0.1) is 0 Å². The Hall–Kier alpha value is -3.00. The van der Waals surface area contributed by atoms with Crippen LogP contribution in [0.4, 0.5) is 5.69 Å². The van der Waals surface area contributed by atoms with Crippen LogP contribution >= 0.6 is 0 Å². The Morgan fingerprint density at radius 3 is 2.93 bits per heavy atom. The Balaban J connectivity index is 1.44. The molecule has 2 heterocycles. The van der Waals surface area contributed by atoms with E-state index in [1.165, 1.54) is 33.3 Å². The van der Waals surface area contributed by atoms with Crippen LogP contribution in [0.2, 0.25) is 0 Å². The Labute approximate surface area is 171 Å². The normalized spacial score (nSPS) is 24.0. The van der Waals surface area contributed by atoms with Gasteiger partial charge in [-0.15, -0.1) is 0 Å². The van der Waals surface area contributed by atoms with E-state index in [2.05, 4.69) is 85.1 Å². The molecule has 2 aliphatic carbocycles.